The number of hydrogen-bond acceptors (Lipinski definition) is 5. The van der Waals surface area contributed by atoms with Crippen molar-refractivity contribution in [3.63, 3.8) is 0 Å². The molecule has 0 atom stereocenters. The summed E-state index contributed by atoms with van der Waals surface area (Å²) < 4.78 is 31.6. The van der Waals surface area contributed by atoms with Crippen LogP contribution in [0.2, 0.25) is 0 Å². The van der Waals surface area contributed by atoms with E-state index in [0.717, 1.165) is 12.1 Å². The van der Waals surface area contributed by atoms with Crippen molar-refractivity contribution in [3.05, 3.63) is 54.1 Å². The topological polar surface area (TPSA) is 76.1 Å². The quantitative estimate of drug-likeness (QED) is 0.620. The van der Waals surface area contributed by atoms with E-state index in [-0.39, 0.29) is 30.0 Å². The monoisotopic (exact) mass is 348 g/mol. The minimum absolute atomic E-state index is 0.0435. The van der Waals surface area contributed by atoms with Gasteiger partial charge in [0, 0.05) is 29.6 Å². The zero-order chi connectivity index (χ0) is 17.9. The third-order valence-corrected chi connectivity index (χ3v) is 4.03. The Morgan fingerprint density at radius 1 is 1.32 bits per heavy atom. The van der Waals surface area contributed by atoms with Gasteiger partial charge in [0.25, 0.3) is 5.91 Å². The maximum absolute atomic E-state index is 13.0. The lowest BCUT2D eigenvalue weighted by Crippen LogP contribution is -2.58. The molecule has 1 amide bonds. The Kier molecular flexibility index (Phi) is 4.89. The first-order valence-corrected chi connectivity index (χ1v) is 7.86. The summed E-state index contributed by atoms with van der Waals surface area (Å²) >= 11 is 0. The number of nitrogens with one attached hydrogen (secondary N) is 2. The van der Waals surface area contributed by atoms with Gasteiger partial charge in [-0.25, -0.2) is 0 Å². The molecular formula is C17H18F2N4O2. The SMILES string of the molecule is CC1(NC(=O)c2ccccn2)CC(OCNc2cc(F)nc(F)c2)C1. The van der Waals surface area contributed by atoms with Gasteiger partial charge in [-0.2, -0.15) is 13.8 Å². The second-order valence-electron chi connectivity index (χ2n) is 6.25. The number of carbonyl (C=O) groups excluding carboxylic acids is 1. The lowest BCUT2D eigenvalue weighted by atomic mass is 9.75. The number of anilines is 1. The van der Waals surface area contributed by atoms with Gasteiger partial charge in [-0.05, 0) is 31.9 Å². The summed E-state index contributed by atoms with van der Waals surface area (Å²) in [5.41, 5.74) is 0.278. The standard InChI is InChI=1S/C17H18F2N4O2/c1-17(23-16(24)13-4-2-3-5-20-13)8-12(9-17)25-10-21-11-6-14(18)22-15(19)7-11/h2-7,12H,8-10H2,1H3,(H,21,22)(H,23,24). The zero-order valence-electron chi connectivity index (χ0n) is 13.6. The summed E-state index contributed by atoms with van der Waals surface area (Å²) in [5, 5.41) is 5.73. The molecule has 2 aromatic heterocycles. The highest BCUT2D eigenvalue weighted by Gasteiger charge is 2.42. The third kappa shape index (κ3) is 4.48. The van der Waals surface area contributed by atoms with Crippen LogP contribution in [-0.4, -0.2) is 34.2 Å². The fraction of sp³-hybridized carbons (Fsp3) is 0.353. The van der Waals surface area contributed by atoms with Crippen molar-refractivity contribution >= 4 is 11.6 Å². The van der Waals surface area contributed by atoms with Crippen LogP contribution in [0.25, 0.3) is 0 Å². The molecule has 0 spiro atoms. The fourth-order valence-corrected chi connectivity index (χ4v) is 2.81. The second-order valence-corrected chi connectivity index (χ2v) is 6.25. The van der Waals surface area contributed by atoms with Gasteiger partial charge in [-0.15, -0.1) is 0 Å². The van der Waals surface area contributed by atoms with E-state index >= 15 is 0 Å². The molecule has 1 saturated carbocycles. The largest absolute Gasteiger partial charge is 0.362 e. The molecule has 2 aromatic rings. The number of amides is 1. The number of rotatable bonds is 6. The van der Waals surface area contributed by atoms with Crippen molar-refractivity contribution in [2.75, 3.05) is 12.0 Å². The van der Waals surface area contributed by atoms with E-state index in [1.807, 2.05) is 6.92 Å². The van der Waals surface area contributed by atoms with Gasteiger partial charge < -0.3 is 15.4 Å². The number of halogens is 2. The number of nitrogens with zero attached hydrogens (tertiary/aromatic N) is 2. The van der Waals surface area contributed by atoms with Crippen LogP contribution < -0.4 is 10.6 Å². The van der Waals surface area contributed by atoms with Crippen LogP contribution in [0.15, 0.2) is 36.5 Å². The Labute approximate surface area is 143 Å². The van der Waals surface area contributed by atoms with Crippen LogP contribution in [0.3, 0.4) is 0 Å². The maximum atomic E-state index is 13.0. The molecule has 25 heavy (non-hydrogen) atoms. The molecule has 1 aliphatic carbocycles. The highest BCUT2D eigenvalue weighted by Crippen LogP contribution is 2.34. The number of pyridine rings is 2. The van der Waals surface area contributed by atoms with Gasteiger partial charge in [0.05, 0.1) is 6.10 Å². The van der Waals surface area contributed by atoms with Gasteiger partial charge in [0.1, 0.15) is 12.4 Å². The Morgan fingerprint density at radius 2 is 2.04 bits per heavy atom. The first-order valence-electron chi connectivity index (χ1n) is 7.86. The van der Waals surface area contributed by atoms with Crippen molar-refractivity contribution < 1.29 is 18.3 Å². The van der Waals surface area contributed by atoms with Crippen LogP contribution in [0, 0.1) is 11.9 Å². The molecule has 1 fully saturated rings. The highest BCUT2D eigenvalue weighted by atomic mass is 19.1. The van der Waals surface area contributed by atoms with Crippen LogP contribution in [0.5, 0.6) is 0 Å². The molecule has 6 nitrogen and oxygen atoms in total. The summed E-state index contributed by atoms with van der Waals surface area (Å²) in [6, 6.07) is 7.34. The normalized spacial score (nSPS) is 22.1. The molecule has 2 heterocycles. The van der Waals surface area contributed by atoms with E-state index in [4.69, 9.17) is 4.74 Å². The minimum Gasteiger partial charge on any atom is -0.362 e. The molecule has 8 heteroatoms. The van der Waals surface area contributed by atoms with Gasteiger partial charge in [-0.1, -0.05) is 6.07 Å². The van der Waals surface area contributed by atoms with Gasteiger partial charge in [0.15, 0.2) is 0 Å². The van der Waals surface area contributed by atoms with E-state index in [2.05, 4.69) is 20.6 Å². The Balaban J connectivity index is 1.42. The predicted octanol–water partition coefficient (Wildman–Crippen LogP) is 2.49. The first kappa shape index (κ1) is 17.2. The summed E-state index contributed by atoms with van der Waals surface area (Å²) in [7, 11) is 0. The van der Waals surface area contributed by atoms with E-state index in [1.54, 1.807) is 24.4 Å². The predicted molar refractivity (Wildman–Crippen MR) is 86.9 cm³/mol. The van der Waals surface area contributed by atoms with Crippen molar-refractivity contribution in [1.29, 1.82) is 0 Å². The maximum Gasteiger partial charge on any atom is 0.270 e. The van der Waals surface area contributed by atoms with E-state index in [9.17, 15) is 13.6 Å². The van der Waals surface area contributed by atoms with Crippen LogP contribution in [0.1, 0.15) is 30.3 Å². The van der Waals surface area contributed by atoms with Crippen LogP contribution >= 0.6 is 0 Å². The number of aromatic nitrogens is 2. The van der Waals surface area contributed by atoms with Crippen molar-refractivity contribution in [2.45, 2.75) is 31.4 Å². The van der Waals surface area contributed by atoms with Crippen molar-refractivity contribution in [1.82, 2.24) is 15.3 Å². The molecule has 0 aliphatic heterocycles. The molecule has 2 N–H and O–H groups in total. The fourth-order valence-electron chi connectivity index (χ4n) is 2.81. The Bertz CT molecular complexity index is 731. The van der Waals surface area contributed by atoms with Crippen molar-refractivity contribution in [3.8, 4) is 0 Å². The molecule has 1 aliphatic rings. The van der Waals surface area contributed by atoms with Gasteiger partial charge >= 0.3 is 0 Å². The summed E-state index contributed by atoms with van der Waals surface area (Å²) in [4.78, 5) is 19.2. The summed E-state index contributed by atoms with van der Waals surface area (Å²) in [6.07, 6.45) is 2.82. The molecule has 0 bridgehead atoms. The number of ether oxygens (including phenoxy) is 1. The van der Waals surface area contributed by atoms with Crippen molar-refractivity contribution in [2.24, 2.45) is 0 Å². The van der Waals surface area contributed by atoms with Gasteiger partial charge in [0.2, 0.25) is 11.9 Å². The van der Waals surface area contributed by atoms with Gasteiger partial charge in [-0.3, -0.25) is 9.78 Å². The molecule has 0 aromatic carbocycles. The molecular weight excluding hydrogens is 330 g/mol. The molecule has 132 valence electrons. The molecule has 3 rings (SSSR count). The van der Waals surface area contributed by atoms with E-state index < -0.39 is 11.9 Å². The second kappa shape index (κ2) is 7.10. The van der Waals surface area contributed by atoms with E-state index in [0.29, 0.717) is 18.5 Å². The zero-order valence-corrected chi connectivity index (χ0v) is 13.6. The lowest BCUT2D eigenvalue weighted by Gasteiger charge is -2.45. The Hall–Kier alpha value is -2.61. The first-order chi connectivity index (χ1) is 11.9. The average molecular weight is 348 g/mol. The molecule has 0 unspecified atom stereocenters. The third-order valence-electron chi connectivity index (χ3n) is 4.03. The number of hydrogen-bond donors (Lipinski definition) is 2. The smallest absolute Gasteiger partial charge is 0.270 e. The summed E-state index contributed by atoms with van der Waals surface area (Å²) in [6.45, 7) is 2.05. The average Bonchev–Trinajstić information content (AvgIpc) is 2.53. The molecule has 0 saturated heterocycles. The van der Waals surface area contributed by atoms with Crippen LogP contribution in [0.4, 0.5) is 14.5 Å². The number of carbonyl (C=O) groups is 1. The minimum atomic E-state index is -0.893. The van der Waals surface area contributed by atoms with Crippen LogP contribution in [-0.2, 0) is 4.74 Å². The molecule has 0 radical (unpaired) electrons. The lowest BCUT2D eigenvalue weighted by molar-refractivity contribution is -0.0393. The summed E-state index contributed by atoms with van der Waals surface area (Å²) in [5.74, 6) is -2.01. The highest BCUT2D eigenvalue weighted by molar-refractivity contribution is 5.92. The Morgan fingerprint density at radius 3 is 2.68 bits per heavy atom. The van der Waals surface area contributed by atoms with E-state index in [1.165, 1.54) is 0 Å².